The topological polar surface area (TPSA) is 42.0 Å². The predicted octanol–water partition coefficient (Wildman–Crippen LogP) is 2.98. The monoisotopic (exact) mass is 254 g/mol. The van der Waals surface area contributed by atoms with Gasteiger partial charge in [-0.25, -0.2) is 13.8 Å². The van der Waals surface area contributed by atoms with Crippen molar-refractivity contribution >= 4 is 22.9 Å². The number of nitrogens with zero attached hydrogens (tertiary/aromatic N) is 1. The van der Waals surface area contributed by atoms with Gasteiger partial charge in [-0.3, -0.25) is 4.79 Å². The van der Waals surface area contributed by atoms with E-state index in [-0.39, 0.29) is 11.6 Å². The molecule has 2 aromatic rings. The minimum Gasteiger partial charge on any atom is -0.321 e. The fourth-order valence-corrected chi connectivity index (χ4v) is 1.91. The van der Waals surface area contributed by atoms with Crippen LogP contribution < -0.4 is 5.32 Å². The van der Waals surface area contributed by atoms with Gasteiger partial charge in [0.25, 0.3) is 5.91 Å². The molecule has 1 amide bonds. The Labute approximate surface area is 100 Å². The summed E-state index contributed by atoms with van der Waals surface area (Å²) in [5.74, 6) is -2.33. The zero-order chi connectivity index (χ0) is 12.4. The number of hydrogen-bond acceptors (Lipinski definition) is 3. The van der Waals surface area contributed by atoms with Gasteiger partial charge in [-0.15, -0.1) is 11.3 Å². The largest absolute Gasteiger partial charge is 0.321 e. The van der Waals surface area contributed by atoms with E-state index in [1.165, 1.54) is 23.6 Å². The molecule has 17 heavy (non-hydrogen) atoms. The first-order valence-electron chi connectivity index (χ1n) is 4.75. The molecular formula is C11H8F2N2OS. The summed E-state index contributed by atoms with van der Waals surface area (Å²) in [5, 5.41) is 3.23. The quantitative estimate of drug-likeness (QED) is 0.895. The Morgan fingerprint density at radius 3 is 2.71 bits per heavy atom. The Bertz CT molecular complexity index is 568. The highest BCUT2D eigenvalue weighted by atomic mass is 32.1. The molecule has 0 spiro atoms. The maximum absolute atomic E-state index is 12.9. The number of aromatic nitrogens is 1. The first-order valence-corrected chi connectivity index (χ1v) is 5.57. The second kappa shape index (κ2) is 4.58. The Morgan fingerprint density at radius 1 is 1.35 bits per heavy atom. The standard InChI is InChI=1S/C11H8F2N2OS/c1-6-14-5-10(17-6)11(16)15-7-2-3-8(12)9(13)4-7/h2-5H,1H3,(H,15,16). The van der Waals surface area contributed by atoms with Gasteiger partial charge in [0, 0.05) is 11.8 Å². The van der Waals surface area contributed by atoms with Gasteiger partial charge in [0.05, 0.1) is 11.2 Å². The lowest BCUT2D eigenvalue weighted by Gasteiger charge is -2.03. The van der Waals surface area contributed by atoms with Crippen molar-refractivity contribution in [1.29, 1.82) is 0 Å². The van der Waals surface area contributed by atoms with Crippen molar-refractivity contribution in [2.24, 2.45) is 0 Å². The lowest BCUT2D eigenvalue weighted by Crippen LogP contribution is -2.10. The Balaban J connectivity index is 2.15. The van der Waals surface area contributed by atoms with Crippen LogP contribution in [0.1, 0.15) is 14.7 Å². The van der Waals surface area contributed by atoms with E-state index in [1.807, 2.05) is 0 Å². The number of aryl methyl sites for hydroxylation is 1. The summed E-state index contributed by atoms with van der Waals surface area (Å²) < 4.78 is 25.6. The highest BCUT2D eigenvalue weighted by Gasteiger charge is 2.10. The fourth-order valence-electron chi connectivity index (χ4n) is 1.23. The highest BCUT2D eigenvalue weighted by molar-refractivity contribution is 7.13. The number of rotatable bonds is 2. The molecule has 0 atom stereocenters. The third kappa shape index (κ3) is 2.65. The Kier molecular flexibility index (Phi) is 3.14. The second-order valence-electron chi connectivity index (χ2n) is 3.33. The smallest absolute Gasteiger partial charge is 0.267 e. The van der Waals surface area contributed by atoms with Crippen molar-refractivity contribution in [3.05, 3.63) is 45.9 Å². The number of halogens is 2. The van der Waals surface area contributed by atoms with Crippen LogP contribution in [0.3, 0.4) is 0 Å². The predicted molar refractivity (Wildman–Crippen MR) is 61.2 cm³/mol. The number of thiazole rings is 1. The summed E-state index contributed by atoms with van der Waals surface area (Å²) in [4.78, 5) is 16.0. The van der Waals surface area contributed by atoms with Crippen LogP contribution in [0.2, 0.25) is 0 Å². The van der Waals surface area contributed by atoms with Crippen molar-refractivity contribution < 1.29 is 13.6 Å². The molecule has 0 aliphatic heterocycles. The van der Waals surface area contributed by atoms with E-state index in [2.05, 4.69) is 10.3 Å². The molecule has 3 nitrogen and oxygen atoms in total. The van der Waals surface area contributed by atoms with Crippen LogP contribution in [0.25, 0.3) is 0 Å². The van der Waals surface area contributed by atoms with Gasteiger partial charge in [-0.05, 0) is 19.1 Å². The lowest BCUT2D eigenvalue weighted by atomic mass is 10.3. The number of hydrogen-bond donors (Lipinski definition) is 1. The number of anilines is 1. The SMILES string of the molecule is Cc1ncc(C(=O)Nc2ccc(F)c(F)c2)s1. The van der Waals surface area contributed by atoms with E-state index in [9.17, 15) is 13.6 Å². The minimum absolute atomic E-state index is 0.208. The number of carbonyl (C=O) groups excluding carboxylic acids is 1. The van der Waals surface area contributed by atoms with Gasteiger partial charge < -0.3 is 5.32 Å². The van der Waals surface area contributed by atoms with Crippen LogP contribution in [0.5, 0.6) is 0 Å². The Morgan fingerprint density at radius 2 is 2.12 bits per heavy atom. The minimum atomic E-state index is -0.997. The third-order valence-corrected chi connectivity index (χ3v) is 2.93. The van der Waals surface area contributed by atoms with Crippen LogP contribution in [0.4, 0.5) is 14.5 Å². The first kappa shape index (κ1) is 11.7. The van der Waals surface area contributed by atoms with E-state index in [1.54, 1.807) is 6.92 Å². The molecular weight excluding hydrogens is 246 g/mol. The maximum atomic E-state index is 12.9. The molecule has 0 bridgehead atoms. The van der Waals surface area contributed by atoms with Gasteiger partial charge in [0.2, 0.25) is 0 Å². The van der Waals surface area contributed by atoms with Crippen LogP contribution in [-0.2, 0) is 0 Å². The average Bonchev–Trinajstić information content (AvgIpc) is 2.70. The summed E-state index contributed by atoms with van der Waals surface area (Å²) in [7, 11) is 0. The van der Waals surface area contributed by atoms with Crippen LogP contribution >= 0.6 is 11.3 Å². The zero-order valence-corrected chi connectivity index (χ0v) is 9.65. The van der Waals surface area contributed by atoms with E-state index in [4.69, 9.17) is 0 Å². The molecule has 1 heterocycles. The molecule has 1 N–H and O–H groups in total. The van der Waals surface area contributed by atoms with Gasteiger partial charge in [-0.1, -0.05) is 0 Å². The molecule has 0 aliphatic carbocycles. The van der Waals surface area contributed by atoms with Crippen molar-refractivity contribution in [3.63, 3.8) is 0 Å². The van der Waals surface area contributed by atoms with Gasteiger partial charge >= 0.3 is 0 Å². The number of amides is 1. The van der Waals surface area contributed by atoms with Crippen molar-refractivity contribution in [2.45, 2.75) is 6.92 Å². The van der Waals surface area contributed by atoms with Gasteiger partial charge in [0.15, 0.2) is 11.6 Å². The normalized spacial score (nSPS) is 10.3. The number of benzene rings is 1. The molecule has 0 saturated heterocycles. The first-order chi connectivity index (χ1) is 8.06. The fraction of sp³-hybridized carbons (Fsp3) is 0.0909. The molecule has 1 aromatic heterocycles. The van der Waals surface area contributed by atoms with Crippen molar-refractivity contribution in [3.8, 4) is 0 Å². The zero-order valence-electron chi connectivity index (χ0n) is 8.83. The van der Waals surface area contributed by atoms with Gasteiger partial charge in [-0.2, -0.15) is 0 Å². The maximum Gasteiger partial charge on any atom is 0.267 e. The lowest BCUT2D eigenvalue weighted by molar-refractivity contribution is 0.103. The van der Waals surface area contributed by atoms with Crippen LogP contribution in [0, 0.1) is 18.6 Å². The average molecular weight is 254 g/mol. The molecule has 6 heteroatoms. The molecule has 0 unspecified atom stereocenters. The molecule has 1 aromatic carbocycles. The molecule has 0 radical (unpaired) electrons. The molecule has 0 aliphatic rings. The van der Waals surface area contributed by atoms with Crippen molar-refractivity contribution in [2.75, 3.05) is 5.32 Å². The van der Waals surface area contributed by atoms with E-state index < -0.39 is 11.6 Å². The van der Waals surface area contributed by atoms with Gasteiger partial charge in [0.1, 0.15) is 4.88 Å². The van der Waals surface area contributed by atoms with E-state index >= 15 is 0 Å². The van der Waals surface area contributed by atoms with E-state index in [0.29, 0.717) is 4.88 Å². The van der Waals surface area contributed by atoms with Crippen LogP contribution in [0.15, 0.2) is 24.4 Å². The molecule has 88 valence electrons. The summed E-state index contributed by atoms with van der Waals surface area (Å²) >= 11 is 1.23. The third-order valence-electron chi connectivity index (χ3n) is 2.02. The second-order valence-corrected chi connectivity index (χ2v) is 4.56. The summed E-state index contributed by atoms with van der Waals surface area (Å²) in [6.07, 6.45) is 1.44. The summed E-state index contributed by atoms with van der Waals surface area (Å²) in [5.41, 5.74) is 0.208. The van der Waals surface area contributed by atoms with Crippen molar-refractivity contribution in [1.82, 2.24) is 4.98 Å². The molecule has 2 rings (SSSR count). The van der Waals surface area contributed by atoms with Crippen LogP contribution in [-0.4, -0.2) is 10.9 Å². The molecule has 0 saturated carbocycles. The highest BCUT2D eigenvalue weighted by Crippen LogP contribution is 2.16. The number of nitrogens with one attached hydrogen (secondary N) is 1. The Hall–Kier alpha value is -1.82. The summed E-state index contributed by atoms with van der Waals surface area (Å²) in [6.45, 7) is 1.78. The number of carbonyl (C=O) groups is 1. The summed E-state index contributed by atoms with van der Waals surface area (Å²) in [6, 6.07) is 3.19. The van der Waals surface area contributed by atoms with E-state index in [0.717, 1.165) is 17.1 Å². The molecule has 0 fully saturated rings.